The van der Waals surface area contributed by atoms with Crippen LogP contribution < -0.4 is 0 Å². The lowest BCUT2D eigenvalue weighted by Crippen LogP contribution is -2.49. The Kier molecular flexibility index (Phi) is 5.21. The SMILES string of the molecule is Cc1ccc([C@H]2C[C@@](C)(Sc3nc4ccccc4s3)[C@@H]3CC[C@@H](C)C[C@H]3O2)cc1. The van der Waals surface area contributed by atoms with Gasteiger partial charge in [0.15, 0.2) is 4.34 Å². The smallest absolute Gasteiger partial charge is 0.151 e. The Balaban J connectivity index is 1.47. The molecule has 0 radical (unpaired) electrons. The number of thiazole rings is 1. The average Bonchev–Trinajstić information content (AvgIpc) is 3.09. The molecular weight excluding hydrogens is 394 g/mol. The molecule has 1 aliphatic carbocycles. The van der Waals surface area contributed by atoms with Gasteiger partial charge in [-0.3, -0.25) is 0 Å². The Morgan fingerprint density at radius 2 is 1.90 bits per heavy atom. The van der Waals surface area contributed by atoms with Crippen molar-refractivity contribution < 1.29 is 4.74 Å². The summed E-state index contributed by atoms with van der Waals surface area (Å²) in [5, 5.41) is 0. The molecule has 1 saturated carbocycles. The van der Waals surface area contributed by atoms with Crippen LogP contribution in [0, 0.1) is 18.8 Å². The van der Waals surface area contributed by atoms with E-state index in [2.05, 4.69) is 69.3 Å². The number of aryl methyl sites for hydroxylation is 1. The molecule has 2 heterocycles. The highest BCUT2D eigenvalue weighted by atomic mass is 32.2. The lowest BCUT2D eigenvalue weighted by atomic mass is 9.70. The van der Waals surface area contributed by atoms with Gasteiger partial charge in [0.05, 0.1) is 22.4 Å². The number of fused-ring (bicyclic) bond motifs is 2. The van der Waals surface area contributed by atoms with Gasteiger partial charge in [0, 0.05) is 10.7 Å². The summed E-state index contributed by atoms with van der Waals surface area (Å²) < 4.78 is 9.38. The molecule has 5 rings (SSSR count). The van der Waals surface area contributed by atoms with Gasteiger partial charge in [0.2, 0.25) is 0 Å². The summed E-state index contributed by atoms with van der Waals surface area (Å²) in [6.45, 7) is 7.01. The predicted molar refractivity (Wildman–Crippen MR) is 124 cm³/mol. The monoisotopic (exact) mass is 423 g/mol. The first-order chi connectivity index (χ1) is 14.0. The summed E-state index contributed by atoms with van der Waals surface area (Å²) in [5.74, 6) is 1.35. The van der Waals surface area contributed by atoms with E-state index in [1.165, 1.54) is 39.4 Å². The predicted octanol–water partition coefficient (Wildman–Crippen LogP) is 7.42. The minimum atomic E-state index is 0.145. The van der Waals surface area contributed by atoms with Crippen LogP contribution in [-0.2, 0) is 4.74 Å². The van der Waals surface area contributed by atoms with E-state index < -0.39 is 0 Å². The molecule has 1 saturated heterocycles. The van der Waals surface area contributed by atoms with Gasteiger partial charge >= 0.3 is 0 Å². The zero-order chi connectivity index (χ0) is 20.0. The quantitative estimate of drug-likeness (QED) is 0.437. The van der Waals surface area contributed by atoms with Gasteiger partial charge in [-0.25, -0.2) is 4.98 Å². The molecule has 2 fully saturated rings. The summed E-state index contributed by atoms with van der Waals surface area (Å²) in [4.78, 5) is 4.95. The van der Waals surface area contributed by atoms with Crippen LogP contribution in [0.4, 0.5) is 0 Å². The van der Waals surface area contributed by atoms with Crippen LogP contribution in [0.25, 0.3) is 10.2 Å². The van der Waals surface area contributed by atoms with Crippen molar-refractivity contribution in [3.05, 3.63) is 59.7 Å². The first-order valence-electron chi connectivity index (χ1n) is 10.8. The fourth-order valence-electron chi connectivity index (χ4n) is 5.15. The van der Waals surface area contributed by atoms with Crippen molar-refractivity contribution in [2.75, 3.05) is 0 Å². The Bertz CT molecular complexity index is 964. The Labute approximate surface area is 182 Å². The molecule has 0 spiro atoms. The second-order valence-electron chi connectivity index (χ2n) is 9.16. The highest BCUT2D eigenvalue weighted by molar-refractivity contribution is 8.02. The third-order valence-corrected chi connectivity index (χ3v) is 9.34. The van der Waals surface area contributed by atoms with Crippen molar-refractivity contribution in [1.29, 1.82) is 0 Å². The second-order valence-corrected chi connectivity index (χ2v) is 12.0. The molecule has 4 heteroatoms. The third kappa shape index (κ3) is 3.87. The van der Waals surface area contributed by atoms with Gasteiger partial charge < -0.3 is 4.74 Å². The molecule has 0 unspecified atom stereocenters. The van der Waals surface area contributed by atoms with Gasteiger partial charge in [0.1, 0.15) is 0 Å². The standard InChI is InChI=1S/C25H29NOS2/c1-16-8-11-18(12-9-16)22-15-25(3,19-13-10-17(2)14-21(19)27-22)29-24-26-20-6-4-5-7-23(20)28-24/h4-9,11-12,17,19,21-22H,10,13-15H2,1-3H3/t17-,19-,21-,22-,25-/m1/s1. The highest BCUT2D eigenvalue weighted by Gasteiger charge is 2.49. The van der Waals surface area contributed by atoms with Crippen molar-refractivity contribution in [3.63, 3.8) is 0 Å². The number of rotatable bonds is 3. The molecule has 0 bridgehead atoms. The topological polar surface area (TPSA) is 22.1 Å². The number of aromatic nitrogens is 1. The van der Waals surface area contributed by atoms with Crippen molar-refractivity contribution in [2.24, 2.45) is 11.8 Å². The van der Waals surface area contributed by atoms with Crippen LogP contribution in [0.15, 0.2) is 52.9 Å². The molecule has 0 amide bonds. The third-order valence-electron chi connectivity index (χ3n) is 6.81. The fourth-order valence-corrected chi connectivity index (χ4v) is 8.05. The van der Waals surface area contributed by atoms with Crippen LogP contribution in [0.3, 0.4) is 0 Å². The number of benzene rings is 2. The van der Waals surface area contributed by atoms with Gasteiger partial charge in [0.25, 0.3) is 0 Å². The minimum absolute atomic E-state index is 0.145. The highest BCUT2D eigenvalue weighted by Crippen LogP contribution is 2.55. The molecule has 0 N–H and O–H groups in total. The number of para-hydroxylation sites is 1. The Hall–Kier alpha value is -1.36. The molecule has 2 aromatic carbocycles. The van der Waals surface area contributed by atoms with Gasteiger partial charge in [-0.15, -0.1) is 11.3 Å². The maximum Gasteiger partial charge on any atom is 0.151 e. The number of hydrogen-bond donors (Lipinski definition) is 0. The molecule has 2 aliphatic rings. The fraction of sp³-hybridized carbons (Fsp3) is 0.480. The van der Waals surface area contributed by atoms with E-state index >= 15 is 0 Å². The van der Waals surface area contributed by atoms with Gasteiger partial charge in [-0.2, -0.15) is 0 Å². The largest absolute Gasteiger partial charge is 0.370 e. The van der Waals surface area contributed by atoms with E-state index in [0.29, 0.717) is 12.0 Å². The lowest BCUT2D eigenvalue weighted by molar-refractivity contribution is -0.122. The molecular formula is C25H29NOS2. The zero-order valence-corrected chi connectivity index (χ0v) is 19.1. The van der Waals surface area contributed by atoms with E-state index in [-0.39, 0.29) is 10.9 Å². The normalized spacial score (nSPS) is 32.2. The maximum atomic E-state index is 6.75. The number of hydrogen-bond acceptors (Lipinski definition) is 4. The van der Waals surface area contributed by atoms with Crippen LogP contribution in [-0.4, -0.2) is 15.8 Å². The van der Waals surface area contributed by atoms with Crippen LogP contribution >= 0.6 is 23.1 Å². The molecule has 2 nitrogen and oxygen atoms in total. The summed E-state index contributed by atoms with van der Waals surface area (Å²) >= 11 is 3.85. The first-order valence-corrected chi connectivity index (χ1v) is 12.4. The first kappa shape index (κ1) is 19.6. The van der Waals surface area contributed by atoms with Crippen LogP contribution in [0.5, 0.6) is 0 Å². The van der Waals surface area contributed by atoms with Gasteiger partial charge in [-0.05, 0) is 56.7 Å². The van der Waals surface area contributed by atoms with Crippen LogP contribution in [0.1, 0.15) is 56.8 Å². The number of thioether (sulfide) groups is 1. The Morgan fingerprint density at radius 3 is 2.69 bits per heavy atom. The molecule has 1 aromatic heterocycles. The van der Waals surface area contributed by atoms with Gasteiger partial charge in [-0.1, -0.05) is 67.1 Å². The van der Waals surface area contributed by atoms with E-state index in [1.54, 1.807) is 0 Å². The second kappa shape index (κ2) is 7.72. The molecule has 3 aromatic rings. The minimum Gasteiger partial charge on any atom is -0.370 e. The van der Waals surface area contributed by atoms with E-state index in [0.717, 1.165) is 17.9 Å². The van der Waals surface area contributed by atoms with E-state index in [9.17, 15) is 0 Å². The molecule has 29 heavy (non-hydrogen) atoms. The van der Waals surface area contributed by atoms with Crippen LogP contribution in [0.2, 0.25) is 0 Å². The summed E-state index contributed by atoms with van der Waals surface area (Å²) in [7, 11) is 0. The number of ether oxygens (including phenoxy) is 1. The lowest BCUT2D eigenvalue weighted by Gasteiger charge is -2.51. The van der Waals surface area contributed by atoms with E-state index in [1.807, 2.05) is 23.1 Å². The number of nitrogens with zero attached hydrogens (tertiary/aromatic N) is 1. The van der Waals surface area contributed by atoms with Crippen molar-refractivity contribution in [2.45, 2.75) is 67.7 Å². The molecule has 152 valence electrons. The zero-order valence-electron chi connectivity index (χ0n) is 17.4. The summed E-state index contributed by atoms with van der Waals surface area (Å²) in [5.41, 5.74) is 3.75. The molecule has 5 atom stereocenters. The molecule has 1 aliphatic heterocycles. The van der Waals surface area contributed by atoms with Crippen molar-refractivity contribution in [3.8, 4) is 0 Å². The summed E-state index contributed by atoms with van der Waals surface area (Å²) in [6, 6.07) is 17.4. The van der Waals surface area contributed by atoms with Crippen molar-refractivity contribution >= 4 is 33.3 Å². The van der Waals surface area contributed by atoms with E-state index in [4.69, 9.17) is 9.72 Å². The average molecular weight is 424 g/mol. The maximum absolute atomic E-state index is 6.75. The Morgan fingerprint density at radius 1 is 1.10 bits per heavy atom. The summed E-state index contributed by atoms with van der Waals surface area (Å²) in [6.07, 6.45) is 5.34. The van der Waals surface area contributed by atoms with Crippen molar-refractivity contribution in [1.82, 2.24) is 4.98 Å².